The number of nitrogens with two attached hydrogens (primary N) is 1. The average Bonchev–Trinajstić information content (AvgIpc) is 3.01. The summed E-state index contributed by atoms with van der Waals surface area (Å²) < 4.78 is 28.5. The van der Waals surface area contributed by atoms with Crippen molar-refractivity contribution in [3.63, 3.8) is 0 Å². The van der Waals surface area contributed by atoms with Crippen molar-refractivity contribution in [1.29, 1.82) is 0 Å². The summed E-state index contributed by atoms with van der Waals surface area (Å²) in [6.45, 7) is 7.96. The van der Waals surface area contributed by atoms with Gasteiger partial charge in [0, 0.05) is 32.2 Å². The number of ether oxygens (including phenoxy) is 5. The minimum atomic E-state index is -0.0964. The molecule has 0 radical (unpaired) electrons. The summed E-state index contributed by atoms with van der Waals surface area (Å²) in [6.07, 6.45) is 0.785. The minimum Gasteiger partial charge on any atom is -0.490 e. The topological polar surface area (TPSA) is 72.2 Å². The van der Waals surface area contributed by atoms with E-state index in [9.17, 15) is 0 Å². The third-order valence-electron chi connectivity index (χ3n) is 3.80. The standard InChI is InChI=1S/C17H26BrNO5.ClH/c1-17(2,3)13(19)9-22-11-8-12(21-7-5-6-20-4)15-16(14(11)18)24-10-23-15;/h8,13H,5-7,9-10,19H2,1-4H3;1H/t13-;/m0./s1. The highest BCUT2D eigenvalue weighted by Crippen LogP contribution is 2.50. The molecule has 0 bridgehead atoms. The summed E-state index contributed by atoms with van der Waals surface area (Å²) in [5.74, 6) is 2.41. The molecule has 6 nitrogen and oxygen atoms in total. The van der Waals surface area contributed by atoms with E-state index in [1.807, 2.05) is 0 Å². The van der Waals surface area contributed by atoms with Gasteiger partial charge in [0.15, 0.2) is 11.5 Å². The Labute approximate surface area is 163 Å². The van der Waals surface area contributed by atoms with Crippen LogP contribution in [-0.2, 0) is 4.74 Å². The van der Waals surface area contributed by atoms with E-state index in [0.717, 1.165) is 6.42 Å². The molecule has 8 heteroatoms. The number of halogens is 2. The molecule has 0 spiro atoms. The fourth-order valence-electron chi connectivity index (χ4n) is 2.01. The van der Waals surface area contributed by atoms with Crippen molar-refractivity contribution in [3.05, 3.63) is 10.5 Å². The highest BCUT2D eigenvalue weighted by molar-refractivity contribution is 9.10. The molecule has 1 atom stereocenters. The number of hydrogen-bond donors (Lipinski definition) is 1. The third-order valence-corrected chi connectivity index (χ3v) is 4.55. The van der Waals surface area contributed by atoms with Crippen molar-refractivity contribution in [3.8, 4) is 23.0 Å². The Balaban J connectivity index is 0.00000312. The number of fused-ring (bicyclic) bond motifs is 1. The van der Waals surface area contributed by atoms with Crippen LogP contribution < -0.4 is 24.7 Å². The molecule has 0 saturated carbocycles. The van der Waals surface area contributed by atoms with Crippen LogP contribution in [0.15, 0.2) is 10.5 Å². The van der Waals surface area contributed by atoms with E-state index in [1.165, 1.54) is 0 Å². The molecule has 0 fully saturated rings. The van der Waals surface area contributed by atoms with Gasteiger partial charge >= 0.3 is 0 Å². The monoisotopic (exact) mass is 439 g/mol. The van der Waals surface area contributed by atoms with E-state index in [4.69, 9.17) is 29.4 Å². The van der Waals surface area contributed by atoms with Crippen molar-refractivity contribution in [2.24, 2.45) is 11.1 Å². The Morgan fingerprint density at radius 2 is 1.84 bits per heavy atom. The highest BCUT2D eigenvalue weighted by Gasteiger charge is 2.27. The van der Waals surface area contributed by atoms with Gasteiger partial charge in [0.2, 0.25) is 12.5 Å². The molecule has 0 aromatic heterocycles. The van der Waals surface area contributed by atoms with Gasteiger partial charge in [0.25, 0.3) is 0 Å². The van der Waals surface area contributed by atoms with E-state index in [0.29, 0.717) is 47.3 Å². The number of benzene rings is 1. The van der Waals surface area contributed by atoms with Crippen molar-refractivity contribution in [1.82, 2.24) is 0 Å². The maximum absolute atomic E-state index is 6.17. The summed E-state index contributed by atoms with van der Waals surface area (Å²) in [5.41, 5.74) is 6.13. The van der Waals surface area contributed by atoms with Crippen molar-refractivity contribution in [2.45, 2.75) is 33.2 Å². The molecule has 2 rings (SSSR count). The van der Waals surface area contributed by atoms with Crippen molar-refractivity contribution >= 4 is 28.3 Å². The second kappa shape index (κ2) is 9.71. The average molecular weight is 441 g/mol. The summed E-state index contributed by atoms with van der Waals surface area (Å²) in [4.78, 5) is 0. The SMILES string of the molecule is COCCCOc1cc(OC[C@H](N)C(C)(C)C)c(Br)c2c1OCO2.Cl. The predicted molar refractivity (Wildman–Crippen MR) is 102 cm³/mol. The molecule has 0 amide bonds. The molecule has 1 aliphatic rings. The maximum Gasteiger partial charge on any atom is 0.231 e. The zero-order chi connectivity index (χ0) is 17.7. The molecule has 0 saturated heterocycles. The van der Waals surface area contributed by atoms with Gasteiger partial charge in [-0.15, -0.1) is 12.4 Å². The summed E-state index contributed by atoms with van der Waals surface area (Å²) >= 11 is 3.51. The molecule has 1 aromatic rings. The Bertz CT molecular complexity index is 565. The number of methoxy groups -OCH3 is 1. The Kier molecular flexibility index (Phi) is 8.60. The van der Waals surface area contributed by atoms with Gasteiger partial charge in [-0.1, -0.05) is 20.8 Å². The third kappa shape index (κ3) is 5.81. The van der Waals surface area contributed by atoms with Crippen LogP contribution in [0.5, 0.6) is 23.0 Å². The summed E-state index contributed by atoms with van der Waals surface area (Å²) in [7, 11) is 1.67. The lowest BCUT2D eigenvalue weighted by atomic mass is 9.88. The number of hydrogen-bond acceptors (Lipinski definition) is 6. The van der Waals surface area contributed by atoms with E-state index >= 15 is 0 Å². The normalized spacial score (nSPS) is 14.0. The fraction of sp³-hybridized carbons (Fsp3) is 0.647. The fourth-order valence-corrected chi connectivity index (χ4v) is 2.53. The summed E-state index contributed by atoms with van der Waals surface area (Å²) in [6, 6.07) is 1.71. The molecular weight excluding hydrogens is 414 g/mol. The largest absolute Gasteiger partial charge is 0.490 e. The molecule has 0 unspecified atom stereocenters. The first-order valence-corrected chi connectivity index (χ1v) is 8.76. The van der Waals surface area contributed by atoms with E-state index < -0.39 is 0 Å². The van der Waals surface area contributed by atoms with Crippen LogP contribution in [0, 0.1) is 5.41 Å². The quantitative estimate of drug-likeness (QED) is 0.621. The molecule has 25 heavy (non-hydrogen) atoms. The number of rotatable bonds is 8. The van der Waals surface area contributed by atoms with Crippen LogP contribution >= 0.6 is 28.3 Å². The first kappa shape index (κ1) is 22.2. The van der Waals surface area contributed by atoms with Crippen molar-refractivity contribution < 1.29 is 23.7 Å². The van der Waals surface area contributed by atoms with E-state index in [-0.39, 0.29) is 30.7 Å². The van der Waals surface area contributed by atoms with Gasteiger partial charge in [0.05, 0.1) is 6.61 Å². The van der Waals surface area contributed by atoms with Gasteiger partial charge in [-0.25, -0.2) is 0 Å². The smallest absolute Gasteiger partial charge is 0.231 e. The molecule has 1 aromatic carbocycles. The molecule has 0 aliphatic carbocycles. The lowest BCUT2D eigenvalue weighted by Crippen LogP contribution is -2.40. The van der Waals surface area contributed by atoms with Crippen LogP contribution in [0.25, 0.3) is 0 Å². The van der Waals surface area contributed by atoms with Crippen LogP contribution in [0.2, 0.25) is 0 Å². The first-order valence-electron chi connectivity index (χ1n) is 7.96. The van der Waals surface area contributed by atoms with Crippen LogP contribution in [0.3, 0.4) is 0 Å². The Morgan fingerprint density at radius 3 is 2.48 bits per heavy atom. The van der Waals surface area contributed by atoms with Gasteiger partial charge in [-0.2, -0.15) is 0 Å². The lowest BCUT2D eigenvalue weighted by Gasteiger charge is -2.27. The van der Waals surface area contributed by atoms with Crippen molar-refractivity contribution in [2.75, 3.05) is 33.7 Å². The molecule has 144 valence electrons. The second-order valence-electron chi connectivity index (χ2n) is 6.73. The zero-order valence-electron chi connectivity index (χ0n) is 15.1. The van der Waals surface area contributed by atoms with Crippen LogP contribution in [0.1, 0.15) is 27.2 Å². The molecule has 1 aliphatic heterocycles. The molecule has 1 heterocycles. The Morgan fingerprint density at radius 1 is 1.16 bits per heavy atom. The van der Waals surface area contributed by atoms with Gasteiger partial charge in [-0.05, 0) is 21.3 Å². The Hall–Kier alpha value is -0.890. The summed E-state index contributed by atoms with van der Waals surface area (Å²) in [5, 5.41) is 0. The lowest BCUT2D eigenvalue weighted by molar-refractivity contribution is 0.161. The van der Waals surface area contributed by atoms with Gasteiger partial charge in [-0.3, -0.25) is 0 Å². The minimum absolute atomic E-state index is 0. The van der Waals surface area contributed by atoms with E-state index in [2.05, 4.69) is 36.7 Å². The molecule has 2 N–H and O–H groups in total. The van der Waals surface area contributed by atoms with E-state index in [1.54, 1.807) is 13.2 Å². The predicted octanol–water partition coefficient (Wildman–Crippen LogP) is 3.77. The van der Waals surface area contributed by atoms with Crippen LogP contribution in [0.4, 0.5) is 0 Å². The molecular formula is C17H27BrClNO5. The second-order valence-corrected chi connectivity index (χ2v) is 7.52. The first-order chi connectivity index (χ1) is 11.3. The van der Waals surface area contributed by atoms with Gasteiger partial charge < -0.3 is 29.4 Å². The highest BCUT2D eigenvalue weighted by atomic mass is 79.9. The van der Waals surface area contributed by atoms with Gasteiger partial charge in [0.1, 0.15) is 16.8 Å². The zero-order valence-corrected chi connectivity index (χ0v) is 17.5. The maximum atomic E-state index is 6.17. The van der Waals surface area contributed by atoms with Crippen LogP contribution in [-0.4, -0.2) is 39.8 Å².